The Morgan fingerprint density at radius 1 is 1.07 bits per heavy atom. The zero-order chi connectivity index (χ0) is 31.2. The number of carbonyl (C=O) groups excluding carboxylic acids is 3. The van der Waals surface area contributed by atoms with Crippen LogP contribution in [0.15, 0.2) is 12.2 Å². The second kappa shape index (κ2) is 13.7. The minimum absolute atomic E-state index is 0.0721. The lowest BCUT2D eigenvalue weighted by Gasteiger charge is -2.38. The van der Waals surface area contributed by atoms with Crippen LogP contribution < -0.4 is 10.6 Å². The number of rotatable bonds is 13. The summed E-state index contributed by atoms with van der Waals surface area (Å²) in [6.45, 7) is 18.1. The maximum absolute atomic E-state index is 14.1. The van der Waals surface area contributed by atoms with E-state index in [1.54, 1.807) is 20.8 Å². The van der Waals surface area contributed by atoms with E-state index in [0.717, 1.165) is 19.3 Å². The van der Waals surface area contributed by atoms with E-state index in [9.17, 15) is 24.3 Å². The molecular weight excluding hydrogens is 542 g/mol. The summed E-state index contributed by atoms with van der Waals surface area (Å²) in [7, 11) is -2.23. The molecule has 1 saturated heterocycles. The van der Waals surface area contributed by atoms with Crippen molar-refractivity contribution < 1.29 is 33.4 Å². The smallest absolute Gasteiger partial charge is 0.408 e. The van der Waals surface area contributed by atoms with Gasteiger partial charge in [-0.15, -0.1) is 0 Å². The molecular formula is C30H53N3O7Si. The highest BCUT2D eigenvalue weighted by atomic mass is 28.4. The van der Waals surface area contributed by atoms with Crippen molar-refractivity contribution in [3.8, 4) is 0 Å². The molecule has 2 rings (SSSR count). The zero-order valence-corrected chi connectivity index (χ0v) is 27.6. The number of aliphatic carboxylic acids is 1. The fourth-order valence-corrected chi connectivity index (χ4v) is 6.02. The van der Waals surface area contributed by atoms with Gasteiger partial charge in [0.25, 0.3) is 0 Å². The van der Waals surface area contributed by atoms with Gasteiger partial charge in [0.15, 0.2) is 8.32 Å². The molecule has 3 amide bonds. The first-order chi connectivity index (χ1) is 18.8. The molecule has 0 radical (unpaired) electrons. The Labute approximate surface area is 247 Å². The van der Waals surface area contributed by atoms with Crippen molar-refractivity contribution in [3.05, 3.63) is 12.2 Å². The van der Waals surface area contributed by atoms with Gasteiger partial charge in [-0.25, -0.2) is 9.59 Å². The molecule has 0 spiro atoms. The molecule has 0 unspecified atom stereocenters. The van der Waals surface area contributed by atoms with Crippen molar-refractivity contribution in [1.82, 2.24) is 15.5 Å². The lowest BCUT2D eigenvalue weighted by atomic mass is 10.0. The van der Waals surface area contributed by atoms with Gasteiger partial charge < -0.3 is 29.8 Å². The Bertz CT molecular complexity index is 980. The summed E-state index contributed by atoms with van der Waals surface area (Å²) in [5, 5.41) is 15.0. The van der Waals surface area contributed by atoms with Crippen LogP contribution in [0.3, 0.4) is 0 Å². The van der Waals surface area contributed by atoms with Crippen LogP contribution in [-0.4, -0.2) is 78.1 Å². The van der Waals surface area contributed by atoms with E-state index >= 15 is 0 Å². The van der Waals surface area contributed by atoms with Crippen molar-refractivity contribution in [1.29, 1.82) is 0 Å². The van der Waals surface area contributed by atoms with E-state index in [1.165, 1.54) is 4.90 Å². The van der Waals surface area contributed by atoms with Crippen LogP contribution in [0.2, 0.25) is 18.1 Å². The fourth-order valence-electron chi connectivity index (χ4n) is 4.67. The molecule has 0 aromatic carbocycles. The van der Waals surface area contributed by atoms with Gasteiger partial charge in [-0.2, -0.15) is 0 Å². The predicted octanol–water partition coefficient (Wildman–Crippen LogP) is 5.13. The number of unbranched alkanes of at least 4 members (excludes halogenated alkanes) is 3. The van der Waals surface area contributed by atoms with Gasteiger partial charge in [0, 0.05) is 13.0 Å². The first kappa shape index (κ1) is 34.8. The maximum atomic E-state index is 14.1. The number of hydrogen-bond donors (Lipinski definition) is 3. The van der Waals surface area contributed by atoms with E-state index in [4.69, 9.17) is 9.16 Å². The van der Waals surface area contributed by atoms with Crippen LogP contribution in [0, 0.1) is 0 Å². The van der Waals surface area contributed by atoms with Gasteiger partial charge in [0.1, 0.15) is 23.2 Å². The molecule has 2 aliphatic rings. The first-order valence-corrected chi connectivity index (χ1v) is 17.9. The van der Waals surface area contributed by atoms with Gasteiger partial charge in [-0.1, -0.05) is 45.8 Å². The monoisotopic (exact) mass is 595 g/mol. The summed E-state index contributed by atoms with van der Waals surface area (Å²) in [6.07, 6.45) is 7.91. The average Bonchev–Trinajstić information content (AvgIpc) is 3.49. The number of nitrogens with zero attached hydrogens (tertiary/aromatic N) is 1. The molecule has 2 fully saturated rings. The lowest BCUT2D eigenvalue weighted by molar-refractivity contribution is -0.145. The first-order valence-electron chi connectivity index (χ1n) is 15.0. The summed E-state index contributed by atoms with van der Waals surface area (Å²) in [5.41, 5.74) is -2.01. The molecule has 3 atom stereocenters. The second-order valence-electron chi connectivity index (χ2n) is 14.0. The van der Waals surface area contributed by atoms with Crippen molar-refractivity contribution in [2.24, 2.45) is 0 Å². The minimum Gasteiger partial charge on any atom is -0.480 e. The Morgan fingerprint density at radius 3 is 2.22 bits per heavy atom. The number of carbonyl (C=O) groups is 4. The van der Waals surface area contributed by atoms with Crippen molar-refractivity contribution in [2.75, 3.05) is 6.54 Å². The molecule has 0 bridgehead atoms. The Hall–Kier alpha value is -2.40. The number of allylic oxidation sites excluding steroid dienone is 2. The number of alkyl carbamates (subject to hydrolysis) is 1. The highest BCUT2D eigenvalue weighted by Crippen LogP contribution is 2.40. The molecule has 234 valence electrons. The predicted molar refractivity (Wildman–Crippen MR) is 161 cm³/mol. The van der Waals surface area contributed by atoms with Crippen LogP contribution >= 0.6 is 0 Å². The van der Waals surface area contributed by atoms with Gasteiger partial charge in [0.05, 0.1) is 6.10 Å². The van der Waals surface area contributed by atoms with Gasteiger partial charge in [-0.3, -0.25) is 9.59 Å². The van der Waals surface area contributed by atoms with Crippen LogP contribution in [-0.2, 0) is 23.5 Å². The number of carboxylic acid groups (broad SMARTS) is 1. The van der Waals surface area contributed by atoms with Crippen LogP contribution in [0.4, 0.5) is 4.79 Å². The summed E-state index contributed by atoms with van der Waals surface area (Å²) < 4.78 is 12.1. The number of amides is 3. The average molecular weight is 596 g/mol. The molecule has 11 heteroatoms. The van der Waals surface area contributed by atoms with E-state index in [1.807, 2.05) is 13.0 Å². The van der Waals surface area contributed by atoms with Crippen LogP contribution in [0.1, 0.15) is 99.8 Å². The topological polar surface area (TPSA) is 134 Å². The van der Waals surface area contributed by atoms with E-state index in [-0.39, 0.29) is 30.0 Å². The molecule has 1 aliphatic heterocycles. The summed E-state index contributed by atoms with van der Waals surface area (Å²) in [4.78, 5) is 53.5. The highest BCUT2D eigenvalue weighted by molar-refractivity contribution is 6.74. The number of likely N-dealkylation sites (tertiary alicyclic amines) is 1. The minimum atomic E-state index is -2.23. The van der Waals surface area contributed by atoms with Crippen molar-refractivity contribution in [2.45, 2.75) is 147 Å². The zero-order valence-electron chi connectivity index (χ0n) is 26.6. The normalized spacial score (nSPS) is 21.4. The molecule has 3 N–H and O–H groups in total. The quantitative estimate of drug-likeness (QED) is 0.153. The molecule has 0 aromatic heterocycles. The van der Waals surface area contributed by atoms with Crippen LogP contribution in [0.25, 0.3) is 0 Å². The number of nitrogens with one attached hydrogen (secondary N) is 2. The standard InChI is InChI=1S/C30H53N3O7Si/c1-10-11-12-13-14-15-16-22(31-27(38)39-28(2,3)4)25(35)33-20-21(40-41(8,9)29(5,6)7)19-23(33)24(34)32-30(17-18-30)26(36)37/h10-11,21-23H,12-20H2,1-9H3,(H,31,38)(H,32,34)(H,36,37)/b11-10-/t21-,22+,23+/m1/s1. The van der Waals surface area contributed by atoms with E-state index < -0.39 is 49.5 Å². The SMILES string of the molecule is C/C=C\CCCCC[C@H](NC(=O)OC(C)(C)C)C(=O)N1C[C@H](O[Si](C)(C)C(C)(C)C)C[C@H]1C(=O)NC1(C(=O)O)CC1. The Kier molecular flexibility index (Phi) is 11.6. The molecule has 0 aromatic rings. The molecule has 10 nitrogen and oxygen atoms in total. The third-order valence-corrected chi connectivity index (χ3v) is 12.8. The second-order valence-corrected chi connectivity index (χ2v) is 18.8. The molecule has 1 heterocycles. The number of ether oxygens (including phenoxy) is 1. The molecule has 41 heavy (non-hydrogen) atoms. The Balaban J connectivity index is 2.29. The number of carboxylic acids is 1. The number of hydrogen-bond acceptors (Lipinski definition) is 6. The van der Waals surface area contributed by atoms with Crippen molar-refractivity contribution in [3.63, 3.8) is 0 Å². The highest BCUT2D eigenvalue weighted by Gasteiger charge is 2.54. The van der Waals surface area contributed by atoms with Crippen molar-refractivity contribution >= 4 is 32.2 Å². The molecule has 1 aliphatic carbocycles. The Morgan fingerprint density at radius 2 is 1.71 bits per heavy atom. The largest absolute Gasteiger partial charge is 0.480 e. The van der Waals surface area contributed by atoms with Crippen LogP contribution in [0.5, 0.6) is 0 Å². The summed E-state index contributed by atoms with van der Waals surface area (Å²) >= 11 is 0. The summed E-state index contributed by atoms with van der Waals surface area (Å²) in [5.74, 6) is -1.95. The maximum Gasteiger partial charge on any atom is 0.408 e. The van der Waals surface area contributed by atoms with E-state index in [2.05, 4.69) is 50.6 Å². The lowest BCUT2D eigenvalue weighted by Crippen LogP contribution is -2.56. The third kappa shape index (κ3) is 10.1. The summed E-state index contributed by atoms with van der Waals surface area (Å²) in [6, 6.07) is -1.78. The fraction of sp³-hybridized carbons (Fsp3) is 0.800. The van der Waals surface area contributed by atoms with Gasteiger partial charge in [-0.05, 0) is 77.9 Å². The molecule has 1 saturated carbocycles. The van der Waals surface area contributed by atoms with E-state index in [0.29, 0.717) is 25.7 Å². The van der Waals surface area contributed by atoms with Gasteiger partial charge >= 0.3 is 12.1 Å². The van der Waals surface area contributed by atoms with Gasteiger partial charge in [0.2, 0.25) is 11.8 Å². The third-order valence-electron chi connectivity index (χ3n) is 8.23.